The van der Waals surface area contributed by atoms with Gasteiger partial charge in [-0.1, -0.05) is 39.0 Å². The molecule has 0 radical (unpaired) electrons. The summed E-state index contributed by atoms with van der Waals surface area (Å²) >= 11 is 2.34. The van der Waals surface area contributed by atoms with Gasteiger partial charge in [-0.25, -0.2) is 0 Å². The van der Waals surface area contributed by atoms with E-state index < -0.39 is 0 Å². The van der Waals surface area contributed by atoms with Gasteiger partial charge >= 0.3 is 0 Å². The molecule has 0 heterocycles. The van der Waals surface area contributed by atoms with Crippen molar-refractivity contribution in [3.05, 3.63) is 46.1 Å². The van der Waals surface area contributed by atoms with E-state index in [1.165, 1.54) is 9.13 Å². The topological polar surface area (TPSA) is 12.0 Å². The Morgan fingerprint density at radius 2 is 1.94 bits per heavy atom. The molecule has 0 aliphatic heterocycles. The van der Waals surface area contributed by atoms with E-state index in [0.717, 1.165) is 13.0 Å². The first-order chi connectivity index (χ1) is 7.95. The summed E-state index contributed by atoms with van der Waals surface area (Å²) in [7, 11) is 0. The fraction of sp³-hybridized carbons (Fsp3) is 0.467. The lowest BCUT2D eigenvalue weighted by Gasteiger charge is -2.27. The fourth-order valence-corrected chi connectivity index (χ4v) is 2.07. The normalized spacial score (nSPS) is 14.6. The van der Waals surface area contributed by atoms with Crippen molar-refractivity contribution >= 4 is 22.6 Å². The quantitative estimate of drug-likeness (QED) is 0.608. The van der Waals surface area contributed by atoms with Crippen molar-refractivity contribution in [2.45, 2.75) is 33.2 Å². The molecule has 94 valence electrons. The smallest absolute Gasteiger partial charge is 0.0130 e. The second kappa shape index (κ2) is 6.55. The standard InChI is InChI=1S/C15H22IN/c1-5-15(4,11-17-12(2)3)10-13-6-8-14(16)9-7-13/h5-9,12,17H,1,10-11H2,2-4H3. The van der Waals surface area contributed by atoms with Gasteiger partial charge in [0.2, 0.25) is 0 Å². The van der Waals surface area contributed by atoms with Crippen LogP contribution in [0.3, 0.4) is 0 Å². The summed E-state index contributed by atoms with van der Waals surface area (Å²) in [6.07, 6.45) is 3.10. The van der Waals surface area contributed by atoms with Crippen LogP contribution in [0.1, 0.15) is 26.3 Å². The third-order valence-electron chi connectivity index (χ3n) is 2.93. The monoisotopic (exact) mass is 343 g/mol. The summed E-state index contributed by atoms with van der Waals surface area (Å²) in [4.78, 5) is 0. The van der Waals surface area contributed by atoms with Crippen LogP contribution in [-0.4, -0.2) is 12.6 Å². The Morgan fingerprint density at radius 3 is 2.41 bits per heavy atom. The molecule has 0 amide bonds. The van der Waals surface area contributed by atoms with Gasteiger partial charge in [0.25, 0.3) is 0 Å². The highest BCUT2D eigenvalue weighted by Gasteiger charge is 2.20. The van der Waals surface area contributed by atoms with Gasteiger partial charge < -0.3 is 5.32 Å². The number of halogens is 1. The van der Waals surface area contributed by atoms with Crippen molar-refractivity contribution in [2.75, 3.05) is 6.54 Å². The summed E-state index contributed by atoms with van der Waals surface area (Å²) in [5, 5.41) is 3.50. The van der Waals surface area contributed by atoms with E-state index in [0.29, 0.717) is 6.04 Å². The molecular formula is C15H22IN. The van der Waals surface area contributed by atoms with Crippen molar-refractivity contribution in [1.29, 1.82) is 0 Å². The van der Waals surface area contributed by atoms with Crippen LogP contribution in [0.4, 0.5) is 0 Å². The molecular weight excluding hydrogens is 321 g/mol. The molecule has 2 heteroatoms. The lowest BCUT2D eigenvalue weighted by atomic mass is 9.83. The molecule has 0 aliphatic carbocycles. The molecule has 1 aromatic rings. The summed E-state index contributed by atoms with van der Waals surface area (Å²) in [5.41, 5.74) is 1.50. The number of nitrogens with one attached hydrogen (secondary N) is 1. The maximum atomic E-state index is 3.98. The van der Waals surface area contributed by atoms with Crippen LogP contribution in [0, 0.1) is 8.99 Å². The molecule has 1 nitrogen and oxygen atoms in total. The SMILES string of the molecule is C=CC(C)(CNC(C)C)Cc1ccc(I)cc1. The number of hydrogen-bond acceptors (Lipinski definition) is 1. The van der Waals surface area contributed by atoms with Crippen LogP contribution >= 0.6 is 22.6 Å². The average Bonchev–Trinajstić information content (AvgIpc) is 2.30. The third kappa shape index (κ3) is 5.21. The van der Waals surface area contributed by atoms with Gasteiger partial charge in [0.15, 0.2) is 0 Å². The van der Waals surface area contributed by atoms with Gasteiger partial charge in [-0.3, -0.25) is 0 Å². The lowest BCUT2D eigenvalue weighted by Crippen LogP contribution is -2.35. The van der Waals surface area contributed by atoms with Gasteiger partial charge in [-0.05, 0) is 46.7 Å². The Morgan fingerprint density at radius 1 is 1.35 bits per heavy atom. The van der Waals surface area contributed by atoms with Gasteiger partial charge in [-0.15, -0.1) is 6.58 Å². The molecule has 17 heavy (non-hydrogen) atoms. The van der Waals surface area contributed by atoms with Crippen LogP contribution in [0.25, 0.3) is 0 Å². The van der Waals surface area contributed by atoms with Gasteiger partial charge in [-0.2, -0.15) is 0 Å². The van der Waals surface area contributed by atoms with Gasteiger partial charge in [0, 0.05) is 21.6 Å². The minimum absolute atomic E-state index is 0.122. The first-order valence-corrected chi connectivity index (χ1v) is 7.14. The second-order valence-corrected chi connectivity index (χ2v) is 6.44. The summed E-state index contributed by atoms with van der Waals surface area (Å²) in [6, 6.07) is 9.26. The zero-order chi connectivity index (χ0) is 12.9. The molecule has 0 fully saturated rings. The minimum atomic E-state index is 0.122. The number of benzene rings is 1. The van der Waals surface area contributed by atoms with E-state index in [9.17, 15) is 0 Å². The predicted molar refractivity (Wildman–Crippen MR) is 84.3 cm³/mol. The van der Waals surface area contributed by atoms with Crippen molar-refractivity contribution in [1.82, 2.24) is 5.32 Å². The first kappa shape index (κ1) is 14.7. The van der Waals surface area contributed by atoms with Crippen LogP contribution in [-0.2, 0) is 6.42 Å². The molecule has 0 spiro atoms. The highest BCUT2D eigenvalue weighted by Crippen LogP contribution is 2.23. The molecule has 0 bridgehead atoms. The number of rotatable bonds is 6. The Bertz CT molecular complexity index is 356. The molecule has 1 atom stereocenters. The van der Waals surface area contributed by atoms with Crippen LogP contribution < -0.4 is 5.32 Å². The van der Waals surface area contributed by atoms with Crippen molar-refractivity contribution in [3.63, 3.8) is 0 Å². The van der Waals surface area contributed by atoms with Crippen molar-refractivity contribution in [2.24, 2.45) is 5.41 Å². The fourth-order valence-electron chi connectivity index (χ4n) is 1.71. The Balaban J connectivity index is 2.67. The van der Waals surface area contributed by atoms with Crippen molar-refractivity contribution < 1.29 is 0 Å². The van der Waals surface area contributed by atoms with Crippen LogP contribution in [0.15, 0.2) is 36.9 Å². The molecule has 0 saturated carbocycles. The largest absolute Gasteiger partial charge is 0.314 e. The predicted octanol–water partition coefficient (Wildman–Crippen LogP) is 4.02. The van der Waals surface area contributed by atoms with E-state index in [4.69, 9.17) is 0 Å². The minimum Gasteiger partial charge on any atom is -0.314 e. The van der Waals surface area contributed by atoms with E-state index in [2.05, 4.69) is 85.6 Å². The van der Waals surface area contributed by atoms with Crippen molar-refractivity contribution in [3.8, 4) is 0 Å². The summed E-state index contributed by atoms with van der Waals surface area (Å²) in [6.45, 7) is 11.6. The molecule has 0 saturated heterocycles. The summed E-state index contributed by atoms with van der Waals surface area (Å²) in [5.74, 6) is 0. The van der Waals surface area contributed by atoms with E-state index in [-0.39, 0.29) is 5.41 Å². The highest BCUT2D eigenvalue weighted by atomic mass is 127. The Labute approximate surface area is 119 Å². The maximum absolute atomic E-state index is 3.98. The maximum Gasteiger partial charge on any atom is 0.0130 e. The molecule has 1 N–H and O–H groups in total. The zero-order valence-corrected chi connectivity index (χ0v) is 13.1. The third-order valence-corrected chi connectivity index (χ3v) is 3.65. The highest BCUT2D eigenvalue weighted by molar-refractivity contribution is 14.1. The van der Waals surface area contributed by atoms with Gasteiger partial charge in [0.1, 0.15) is 0 Å². The zero-order valence-electron chi connectivity index (χ0n) is 11.0. The molecule has 1 aromatic carbocycles. The van der Waals surface area contributed by atoms with E-state index in [1.54, 1.807) is 0 Å². The van der Waals surface area contributed by atoms with E-state index in [1.807, 2.05) is 0 Å². The molecule has 0 aliphatic rings. The van der Waals surface area contributed by atoms with Crippen LogP contribution in [0.5, 0.6) is 0 Å². The molecule has 0 aromatic heterocycles. The van der Waals surface area contributed by atoms with E-state index >= 15 is 0 Å². The summed E-state index contributed by atoms with van der Waals surface area (Å²) < 4.78 is 1.28. The second-order valence-electron chi connectivity index (χ2n) is 5.20. The first-order valence-electron chi connectivity index (χ1n) is 6.06. The van der Waals surface area contributed by atoms with Gasteiger partial charge in [0.05, 0.1) is 0 Å². The lowest BCUT2D eigenvalue weighted by molar-refractivity contribution is 0.373. The Kier molecular flexibility index (Phi) is 5.67. The number of hydrogen-bond donors (Lipinski definition) is 1. The Hall–Kier alpha value is -0.350. The molecule has 1 unspecified atom stereocenters. The average molecular weight is 343 g/mol. The molecule has 1 rings (SSSR count). The van der Waals surface area contributed by atoms with Crippen LogP contribution in [0.2, 0.25) is 0 Å².